The van der Waals surface area contributed by atoms with Crippen LogP contribution in [0, 0.1) is 11.8 Å². The first-order chi connectivity index (χ1) is 12.4. The maximum absolute atomic E-state index is 12.8. The summed E-state index contributed by atoms with van der Waals surface area (Å²) in [6.07, 6.45) is 2.07. The Bertz CT molecular complexity index is 769. The number of esters is 2. The minimum absolute atomic E-state index is 0.242. The average Bonchev–Trinajstić information content (AvgIpc) is 2.86. The van der Waals surface area contributed by atoms with E-state index in [4.69, 9.17) is 9.47 Å². The molecule has 1 saturated carbocycles. The second kappa shape index (κ2) is 7.11. The summed E-state index contributed by atoms with van der Waals surface area (Å²) in [4.78, 5) is 49.0. The zero-order valence-electron chi connectivity index (χ0n) is 14.3. The second-order valence-corrected chi connectivity index (χ2v) is 6.39. The van der Waals surface area contributed by atoms with Crippen LogP contribution in [-0.4, -0.2) is 29.9 Å². The predicted molar refractivity (Wildman–Crippen MR) is 91.2 cm³/mol. The molecule has 1 heterocycles. The van der Waals surface area contributed by atoms with Gasteiger partial charge in [-0.15, -0.1) is 0 Å². The molecule has 1 aliphatic heterocycles. The zero-order chi connectivity index (χ0) is 18.8. The van der Waals surface area contributed by atoms with E-state index in [1.165, 1.54) is 24.0 Å². The van der Waals surface area contributed by atoms with Gasteiger partial charge >= 0.3 is 11.9 Å². The van der Waals surface area contributed by atoms with Crippen molar-refractivity contribution in [2.75, 3.05) is 4.90 Å². The van der Waals surface area contributed by atoms with Crippen LogP contribution in [0.25, 0.3) is 0 Å². The number of anilines is 1. The molecule has 1 aromatic rings. The normalized spacial score (nSPS) is 24.8. The molecule has 3 rings (SSSR count). The smallest absolute Gasteiger partial charge is 0.330 e. The summed E-state index contributed by atoms with van der Waals surface area (Å²) in [7, 11) is 0. The molecule has 2 aliphatic rings. The van der Waals surface area contributed by atoms with E-state index in [0.29, 0.717) is 30.7 Å². The largest absolute Gasteiger partial charge is 0.459 e. The minimum Gasteiger partial charge on any atom is -0.459 e. The van der Waals surface area contributed by atoms with Crippen molar-refractivity contribution in [2.24, 2.45) is 11.8 Å². The molecule has 136 valence electrons. The number of hydrogen-bond donors (Lipinski definition) is 0. The quantitative estimate of drug-likeness (QED) is 0.354. The lowest BCUT2D eigenvalue weighted by molar-refractivity contribution is -0.147. The Morgan fingerprint density at radius 3 is 2.38 bits per heavy atom. The number of carbonyl (C=O) groups excluding carboxylic acids is 4. The van der Waals surface area contributed by atoms with Gasteiger partial charge in [-0.2, -0.15) is 0 Å². The fourth-order valence-corrected chi connectivity index (χ4v) is 3.54. The van der Waals surface area contributed by atoms with Crippen LogP contribution in [0.1, 0.15) is 26.2 Å². The average molecular weight is 357 g/mol. The highest BCUT2D eigenvalue weighted by molar-refractivity contribution is 6.22. The molecule has 3 unspecified atom stereocenters. The molecular weight excluding hydrogens is 338 g/mol. The highest BCUT2D eigenvalue weighted by Gasteiger charge is 2.51. The highest BCUT2D eigenvalue weighted by atomic mass is 16.5. The van der Waals surface area contributed by atoms with Crippen LogP contribution in [0.5, 0.6) is 5.75 Å². The van der Waals surface area contributed by atoms with Crippen LogP contribution in [-0.2, 0) is 23.9 Å². The van der Waals surface area contributed by atoms with Crippen molar-refractivity contribution >= 4 is 29.4 Å². The van der Waals surface area contributed by atoms with Gasteiger partial charge in [0.05, 0.1) is 17.5 Å². The van der Waals surface area contributed by atoms with Gasteiger partial charge in [0.2, 0.25) is 11.8 Å². The van der Waals surface area contributed by atoms with Crippen LogP contribution >= 0.6 is 0 Å². The van der Waals surface area contributed by atoms with Crippen LogP contribution in [0.4, 0.5) is 5.69 Å². The number of nitrogens with zero attached hydrogens (tertiary/aromatic N) is 1. The highest BCUT2D eigenvalue weighted by Crippen LogP contribution is 2.41. The van der Waals surface area contributed by atoms with Crippen LogP contribution in [0.3, 0.4) is 0 Å². The third kappa shape index (κ3) is 3.37. The number of imide groups is 1. The van der Waals surface area contributed by atoms with Crippen LogP contribution in [0.2, 0.25) is 0 Å². The third-order valence-electron chi connectivity index (χ3n) is 4.68. The van der Waals surface area contributed by atoms with Crippen LogP contribution in [0.15, 0.2) is 36.9 Å². The Hall–Kier alpha value is -2.96. The summed E-state index contributed by atoms with van der Waals surface area (Å²) in [6, 6.07) is 6.21. The first kappa shape index (κ1) is 17.8. The number of ether oxygens (including phenoxy) is 2. The van der Waals surface area contributed by atoms with E-state index in [2.05, 4.69) is 6.58 Å². The maximum Gasteiger partial charge on any atom is 0.330 e. The molecule has 26 heavy (non-hydrogen) atoms. The molecule has 0 spiro atoms. The Balaban J connectivity index is 1.75. The predicted octanol–water partition coefficient (Wildman–Crippen LogP) is 2.00. The second-order valence-electron chi connectivity index (χ2n) is 6.39. The van der Waals surface area contributed by atoms with Crippen molar-refractivity contribution in [3.63, 3.8) is 0 Å². The number of carbonyl (C=O) groups is 4. The number of hydrogen-bond acceptors (Lipinski definition) is 6. The van der Waals surface area contributed by atoms with Gasteiger partial charge in [-0.3, -0.25) is 19.3 Å². The van der Waals surface area contributed by atoms with E-state index in [1.807, 2.05) is 0 Å². The molecule has 2 fully saturated rings. The van der Waals surface area contributed by atoms with Gasteiger partial charge in [0, 0.05) is 13.0 Å². The van der Waals surface area contributed by atoms with E-state index in [-0.39, 0.29) is 17.9 Å². The number of fused-ring (bicyclic) bond motifs is 1. The van der Waals surface area contributed by atoms with Crippen molar-refractivity contribution in [1.29, 1.82) is 0 Å². The Morgan fingerprint density at radius 1 is 1.12 bits per heavy atom. The Labute approximate surface area is 150 Å². The molecule has 7 nitrogen and oxygen atoms in total. The molecule has 3 atom stereocenters. The molecule has 7 heteroatoms. The summed E-state index contributed by atoms with van der Waals surface area (Å²) in [6.45, 7) is 4.65. The van der Waals surface area contributed by atoms with Crippen molar-refractivity contribution in [1.82, 2.24) is 0 Å². The topological polar surface area (TPSA) is 90.0 Å². The molecule has 0 bridgehead atoms. The first-order valence-electron chi connectivity index (χ1n) is 8.40. The standard InChI is InChI=1S/C19H19NO6/c1-3-17(22)26-14-8-9-15-16(10-14)19(24)20(18(15)23)12-4-6-13(7-5-12)25-11(2)21/h3-7,14-16H,1,8-10H2,2H3. The summed E-state index contributed by atoms with van der Waals surface area (Å²) < 4.78 is 10.2. The lowest BCUT2D eigenvalue weighted by atomic mass is 9.79. The van der Waals surface area contributed by atoms with Crippen LogP contribution < -0.4 is 9.64 Å². The van der Waals surface area contributed by atoms with E-state index >= 15 is 0 Å². The third-order valence-corrected chi connectivity index (χ3v) is 4.68. The molecule has 0 radical (unpaired) electrons. The molecule has 0 aromatic heterocycles. The van der Waals surface area contributed by atoms with Crippen molar-refractivity contribution in [2.45, 2.75) is 32.3 Å². The molecule has 1 saturated heterocycles. The lowest BCUT2D eigenvalue weighted by Crippen LogP contribution is -2.32. The molecule has 0 N–H and O–H groups in total. The molecular formula is C19H19NO6. The molecule has 1 aromatic carbocycles. The Kier molecular flexibility index (Phi) is 4.88. The number of rotatable bonds is 4. The first-order valence-corrected chi connectivity index (χ1v) is 8.40. The van der Waals surface area contributed by atoms with E-state index in [0.717, 1.165) is 6.08 Å². The fraction of sp³-hybridized carbons (Fsp3) is 0.368. The lowest BCUT2D eigenvalue weighted by Gasteiger charge is -2.27. The Morgan fingerprint density at radius 2 is 1.77 bits per heavy atom. The van der Waals surface area contributed by atoms with Gasteiger partial charge in [-0.05, 0) is 43.5 Å². The van der Waals surface area contributed by atoms with Gasteiger partial charge in [0.1, 0.15) is 11.9 Å². The van der Waals surface area contributed by atoms with Crippen molar-refractivity contribution in [3.8, 4) is 5.75 Å². The summed E-state index contributed by atoms with van der Waals surface area (Å²) in [5.74, 6) is -2.05. The fourth-order valence-electron chi connectivity index (χ4n) is 3.54. The van der Waals surface area contributed by atoms with E-state index in [1.54, 1.807) is 12.1 Å². The summed E-state index contributed by atoms with van der Waals surface area (Å²) in [5, 5.41) is 0. The summed E-state index contributed by atoms with van der Waals surface area (Å²) >= 11 is 0. The van der Waals surface area contributed by atoms with Gasteiger partial charge in [-0.25, -0.2) is 4.79 Å². The van der Waals surface area contributed by atoms with Gasteiger partial charge < -0.3 is 9.47 Å². The van der Waals surface area contributed by atoms with Crippen molar-refractivity contribution < 1.29 is 28.7 Å². The summed E-state index contributed by atoms with van der Waals surface area (Å²) in [5.41, 5.74) is 0.435. The van der Waals surface area contributed by atoms with Gasteiger partial charge in [-0.1, -0.05) is 6.58 Å². The molecule has 1 aliphatic carbocycles. The van der Waals surface area contributed by atoms with E-state index < -0.39 is 23.8 Å². The SMILES string of the molecule is C=CC(=O)OC1CCC2C(=O)N(c3ccc(OC(C)=O)cc3)C(=O)C2C1. The number of amides is 2. The zero-order valence-corrected chi connectivity index (χ0v) is 14.3. The maximum atomic E-state index is 12.8. The van der Waals surface area contributed by atoms with Gasteiger partial charge in [0.25, 0.3) is 0 Å². The van der Waals surface area contributed by atoms with E-state index in [9.17, 15) is 19.2 Å². The number of benzene rings is 1. The molecule has 2 amide bonds. The van der Waals surface area contributed by atoms with Crippen molar-refractivity contribution in [3.05, 3.63) is 36.9 Å². The van der Waals surface area contributed by atoms with Gasteiger partial charge in [0.15, 0.2) is 0 Å². The monoisotopic (exact) mass is 357 g/mol. The minimum atomic E-state index is -0.525.